The highest BCUT2D eigenvalue weighted by atomic mass is 35.5. The van der Waals surface area contributed by atoms with E-state index in [1.165, 1.54) is 5.38 Å². The van der Waals surface area contributed by atoms with Crippen LogP contribution in [0, 0.1) is 0 Å². The van der Waals surface area contributed by atoms with Gasteiger partial charge in [0, 0.05) is 11.1 Å². The van der Waals surface area contributed by atoms with Gasteiger partial charge in [0.1, 0.15) is 4.88 Å². The summed E-state index contributed by atoms with van der Waals surface area (Å²) >= 11 is 7.22. The van der Waals surface area contributed by atoms with E-state index in [0.717, 1.165) is 16.9 Å². The zero-order valence-electron chi connectivity index (χ0n) is 18.8. The molecule has 0 saturated heterocycles. The second-order valence-electron chi connectivity index (χ2n) is 8.17. The zero-order valence-corrected chi connectivity index (χ0v) is 21.2. The summed E-state index contributed by atoms with van der Waals surface area (Å²) in [6.07, 6.45) is 1.46. The molecule has 1 atom stereocenters. The SMILES string of the molecule is CC(C)S(=O)(=O)c1csc(C(=O)Nc2ccc3c(c2)ncn3C(CC(=O)O)c2ccccc2)c1Cl. The van der Waals surface area contributed by atoms with E-state index in [1.54, 1.807) is 42.9 Å². The van der Waals surface area contributed by atoms with Gasteiger partial charge in [-0.15, -0.1) is 11.3 Å². The predicted molar refractivity (Wildman–Crippen MR) is 136 cm³/mol. The molecule has 35 heavy (non-hydrogen) atoms. The highest BCUT2D eigenvalue weighted by Gasteiger charge is 2.28. The Morgan fingerprint density at radius 3 is 2.54 bits per heavy atom. The Bertz CT molecular complexity index is 1510. The Kier molecular flexibility index (Phi) is 6.98. The number of nitrogens with one attached hydrogen (secondary N) is 1. The van der Waals surface area contributed by atoms with Crippen molar-refractivity contribution in [2.45, 2.75) is 36.5 Å². The fraction of sp³-hybridized carbons (Fsp3) is 0.208. The Morgan fingerprint density at radius 1 is 1.17 bits per heavy atom. The molecule has 0 radical (unpaired) electrons. The maximum atomic E-state index is 12.8. The number of sulfone groups is 1. The van der Waals surface area contributed by atoms with E-state index in [4.69, 9.17) is 11.6 Å². The first-order valence-corrected chi connectivity index (χ1v) is 13.5. The molecule has 8 nitrogen and oxygen atoms in total. The molecule has 0 spiro atoms. The van der Waals surface area contributed by atoms with Crippen LogP contribution in [0.15, 0.2) is 65.1 Å². The second kappa shape index (κ2) is 9.80. The Balaban J connectivity index is 1.62. The van der Waals surface area contributed by atoms with Crippen molar-refractivity contribution >= 4 is 61.4 Å². The van der Waals surface area contributed by atoms with Crippen molar-refractivity contribution < 1.29 is 23.1 Å². The molecule has 4 aromatic rings. The van der Waals surface area contributed by atoms with Gasteiger partial charge in [-0.1, -0.05) is 41.9 Å². The van der Waals surface area contributed by atoms with E-state index in [2.05, 4.69) is 10.3 Å². The van der Waals surface area contributed by atoms with Crippen LogP contribution in [0.3, 0.4) is 0 Å². The van der Waals surface area contributed by atoms with Gasteiger partial charge in [-0.05, 0) is 37.6 Å². The fourth-order valence-corrected chi connectivity index (χ4v) is 6.67. The molecular formula is C24H22ClN3O5S2. The lowest BCUT2D eigenvalue weighted by Crippen LogP contribution is -2.15. The molecule has 2 heterocycles. The van der Waals surface area contributed by atoms with Crippen LogP contribution >= 0.6 is 22.9 Å². The third kappa shape index (κ3) is 4.95. The van der Waals surface area contributed by atoms with Gasteiger partial charge in [0.05, 0.1) is 45.0 Å². The highest BCUT2D eigenvalue weighted by molar-refractivity contribution is 7.92. The number of thiophene rings is 1. The van der Waals surface area contributed by atoms with Crippen molar-refractivity contribution in [3.05, 3.63) is 75.7 Å². The van der Waals surface area contributed by atoms with Gasteiger partial charge in [0.2, 0.25) is 0 Å². The number of fused-ring (bicyclic) bond motifs is 1. The number of carboxylic acids is 1. The first-order chi connectivity index (χ1) is 16.6. The molecule has 2 aromatic carbocycles. The maximum absolute atomic E-state index is 12.8. The maximum Gasteiger partial charge on any atom is 0.305 e. The van der Waals surface area contributed by atoms with Gasteiger partial charge in [-0.25, -0.2) is 13.4 Å². The number of amides is 1. The van der Waals surface area contributed by atoms with Crippen LogP contribution in [0.2, 0.25) is 5.02 Å². The van der Waals surface area contributed by atoms with Crippen molar-refractivity contribution in [1.29, 1.82) is 0 Å². The summed E-state index contributed by atoms with van der Waals surface area (Å²) in [5, 5.41) is 12.8. The number of benzene rings is 2. The highest BCUT2D eigenvalue weighted by Crippen LogP contribution is 2.34. The summed E-state index contributed by atoms with van der Waals surface area (Å²) in [6.45, 7) is 3.10. The summed E-state index contributed by atoms with van der Waals surface area (Å²) < 4.78 is 26.7. The summed E-state index contributed by atoms with van der Waals surface area (Å²) in [5.41, 5.74) is 2.55. The summed E-state index contributed by atoms with van der Waals surface area (Å²) in [5.74, 6) is -1.46. The monoisotopic (exact) mass is 531 g/mol. The van der Waals surface area contributed by atoms with Gasteiger partial charge < -0.3 is 15.0 Å². The van der Waals surface area contributed by atoms with Gasteiger partial charge in [0.15, 0.2) is 9.84 Å². The Hall–Kier alpha value is -3.21. The molecule has 4 rings (SSSR count). The summed E-state index contributed by atoms with van der Waals surface area (Å²) in [4.78, 5) is 28.8. The molecule has 0 fully saturated rings. The quantitative estimate of drug-likeness (QED) is 0.320. The minimum atomic E-state index is -3.62. The number of rotatable bonds is 8. The van der Waals surface area contributed by atoms with Crippen molar-refractivity contribution in [2.75, 3.05) is 5.32 Å². The van der Waals surface area contributed by atoms with Gasteiger partial charge in [0.25, 0.3) is 5.91 Å². The van der Waals surface area contributed by atoms with E-state index in [9.17, 15) is 23.1 Å². The van der Waals surface area contributed by atoms with E-state index < -0.39 is 33.0 Å². The first-order valence-electron chi connectivity index (χ1n) is 10.6. The van der Waals surface area contributed by atoms with Crippen LogP contribution in [0.5, 0.6) is 0 Å². The Morgan fingerprint density at radius 2 is 1.89 bits per heavy atom. The van der Waals surface area contributed by atoms with Crippen molar-refractivity contribution in [3.8, 4) is 0 Å². The van der Waals surface area contributed by atoms with Gasteiger partial charge in [-0.2, -0.15) is 0 Å². The number of carboxylic acid groups (broad SMARTS) is 1. The third-order valence-corrected chi connectivity index (χ3v) is 9.47. The first kappa shape index (κ1) is 24.9. The van der Waals surface area contributed by atoms with Crippen LogP contribution < -0.4 is 5.32 Å². The molecule has 0 saturated carbocycles. The predicted octanol–water partition coefficient (Wildman–Crippen LogP) is 5.25. The number of aromatic nitrogens is 2. The van der Waals surface area contributed by atoms with Gasteiger partial charge >= 0.3 is 5.97 Å². The summed E-state index contributed by atoms with van der Waals surface area (Å²) in [6, 6.07) is 13.9. The standard InChI is InChI=1S/C24H22ClN3O5S2/c1-14(2)35(32,33)20-12-34-23(22(20)25)24(31)27-16-8-9-18-17(10-16)26-13-28(18)19(11-21(29)30)15-6-4-3-5-7-15/h3-10,12-14,19H,11H2,1-2H3,(H,27,31)(H,29,30). The zero-order chi connectivity index (χ0) is 25.3. The molecular weight excluding hydrogens is 510 g/mol. The molecule has 0 bridgehead atoms. The van der Waals surface area contributed by atoms with Crippen LogP contribution in [0.25, 0.3) is 11.0 Å². The molecule has 2 aromatic heterocycles. The van der Waals surface area contributed by atoms with Crippen LogP contribution in [0.1, 0.15) is 41.5 Å². The molecule has 1 unspecified atom stereocenters. The van der Waals surface area contributed by atoms with E-state index in [0.29, 0.717) is 16.7 Å². The van der Waals surface area contributed by atoms with E-state index >= 15 is 0 Å². The number of carbonyl (C=O) groups is 2. The number of hydrogen-bond acceptors (Lipinski definition) is 6. The molecule has 0 aliphatic carbocycles. The number of imidazole rings is 1. The molecule has 2 N–H and O–H groups in total. The van der Waals surface area contributed by atoms with Gasteiger partial charge in [-0.3, -0.25) is 9.59 Å². The van der Waals surface area contributed by atoms with Crippen molar-refractivity contribution in [1.82, 2.24) is 9.55 Å². The largest absolute Gasteiger partial charge is 0.481 e. The normalized spacial score (nSPS) is 12.7. The number of halogens is 1. The lowest BCUT2D eigenvalue weighted by atomic mass is 10.0. The fourth-order valence-electron chi connectivity index (χ4n) is 3.69. The number of aliphatic carboxylic acids is 1. The smallest absolute Gasteiger partial charge is 0.305 e. The molecule has 11 heteroatoms. The third-order valence-electron chi connectivity index (χ3n) is 5.55. The second-order valence-corrected chi connectivity index (χ2v) is 11.9. The van der Waals surface area contributed by atoms with Crippen LogP contribution in [0.4, 0.5) is 5.69 Å². The molecule has 182 valence electrons. The van der Waals surface area contributed by atoms with E-state index in [1.807, 2.05) is 30.3 Å². The van der Waals surface area contributed by atoms with Crippen LogP contribution in [-0.4, -0.2) is 40.2 Å². The average Bonchev–Trinajstić information content (AvgIpc) is 3.41. The topological polar surface area (TPSA) is 118 Å². The molecule has 0 aliphatic heterocycles. The van der Waals surface area contributed by atoms with Crippen molar-refractivity contribution in [2.24, 2.45) is 0 Å². The average molecular weight is 532 g/mol. The number of hydrogen-bond donors (Lipinski definition) is 2. The minimum Gasteiger partial charge on any atom is -0.481 e. The molecule has 1 amide bonds. The lowest BCUT2D eigenvalue weighted by Gasteiger charge is -2.18. The van der Waals surface area contributed by atoms with E-state index in [-0.39, 0.29) is 21.2 Å². The minimum absolute atomic E-state index is 0.0519. The number of nitrogens with zero attached hydrogens (tertiary/aromatic N) is 2. The molecule has 0 aliphatic rings. The lowest BCUT2D eigenvalue weighted by molar-refractivity contribution is -0.137. The summed E-state index contributed by atoms with van der Waals surface area (Å²) in [7, 11) is -3.62. The number of carbonyl (C=O) groups excluding carboxylic acids is 1. The number of anilines is 1. The Labute approximate surface area is 211 Å². The van der Waals surface area contributed by atoms with Crippen LogP contribution in [-0.2, 0) is 14.6 Å². The van der Waals surface area contributed by atoms with Crippen molar-refractivity contribution in [3.63, 3.8) is 0 Å².